The zero-order chi connectivity index (χ0) is 18.4. The summed E-state index contributed by atoms with van der Waals surface area (Å²) in [7, 11) is 0. The van der Waals surface area contributed by atoms with Crippen molar-refractivity contribution in [2.24, 2.45) is 5.92 Å². The van der Waals surface area contributed by atoms with Crippen molar-refractivity contribution in [3.8, 4) is 5.75 Å². The van der Waals surface area contributed by atoms with Crippen LogP contribution in [0.4, 0.5) is 5.69 Å². The van der Waals surface area contributed by atoms with Crippen molar-refractivity contribution >= 4 is 17.5 Å². The van der Waals surface area contributed by atoms with Gasteiger partial charge in [0.25, 0.3) is 5.91 Å². The van der Waals surface area contributed by atoms with Gasteiger partial charge in [0.1, 0.15) is 17.9 Å². The summed E-state index contributed by atoms with van der Waals surface area (Å²) in [5.74, 6) is 1.21. The highest BCUT2D eigenvalue weighted by Gasteiger charge is 2.45. The molecule has 2 fully saturated rings. The molecule has 5 rings (SSSR count). The van der Waals surface area contributed by atoms with Gasteiger partial charge in [-0.25, -0.2) is 0 Å². The lowest BCUT2D eigenvalue weighted by Gasteiger charge is -2.31. The van der Waals surface area contributed by atoms with Crippen molar-refractivity contribution in [1.82, 2.24) is 4.90 Å². The van der Waals surface area contributed by atoms with Crippen LogP contribution in [-0.4, -0.2) is 41.9 Å². The summed E-state index contributed by atoms with van der Waals surface area (Å²) in [6.45, 7) is 1.14. The van der Waals surface area contributed by atoms with Crippen molar-refractivity contribution in [2.45, 2.75) is 31.4 Å². The summed E-state index contributed by atoms with van der Waals surface area (Å²) in [4.78, 5) is 30.1. The molecule has 2 amide bonds. The van der Waals surface area contributed by atoms with E-state index in [9.17, 15) is 9.59 Å². The van der Waals surface area contributed by atoms with Crippen LogP contribution in [0, 0.1) is 5.92 Å². The normalized spacial score (nSPS) is 24.1. The summed E-state index contributed by atoms with van der Waals surface area (Å²) in [5.41, 5.74) is 1.44. The summed E-state index contributed by atoms with van der Waals surface area (Å²) >= 11 is 0. The standard InChI is InChI=1S/C22H22N2O3/c25-21(16-6-2-1-3-7-16)24-14-17-12-19(24)22(26)23(13-15-10-11-15)18-8-4-5-9-20(18)27-17/h1-9,15,17,19H,10-14H2/t17-,19-/m0/s1. The van der Waals surface area contributed by atoms with E-state index in [4.69, 9.17) is 4.74 Å². The highest BCUT2D eigenvalue weighted by atomic mass is 16.5. The maximum absolute atomic E-state index is 13.5. The Morgan fingerprint density at radius 1 is 1.04 bits per heavy atom. The number of benzene rings is 2. The average molecular weight is 362 g/mol. The molecule has 1 saturated heterocycles. The van der Waals surface area contributed by atoms with Gasteiger partial charge in [-0.3, -0.25) is 9.59 Å². The van der Waals surface area contributed by atoms with Crippen molar-refractivity contribution in [3.05, 3.63) is 60.2 Å². The van der Waals surface area contributed by atoms with Gasteiger partial charge in [-0.1, -0.05) is 30.3 Å². The molecule has 0 aromatic heterocycles. The van der Waals surface area contributed by atoms with Crippen LogP contribution < -0.4 is 9.64 Å². The quantitative estimate of drug-likeness (QED) is 0.843. The molecule has 0 unspecified atom stereocenters. The van der Waals surface area contributed by atoms with Crippen LogP contribution in [0.2, 0.25) is 0 Å². The van der Waals surface area contributed by atoms with Gasteiger partial charge in [-0.2, -0.15) is 0 Å². The number of carbonyl (C=O) groups is 2. The summed E-state index contributed by atoms with van der Waals surface area (Å²) < 4.78 is 6.24. The molecule has 0 spiro atoms. The molecule has 2 atom stereocenters. The van der Waals surface area contributed by atoms with Gasteiger partial charge in [0, 0.05) is 18.5 Å². The van der Waals surface area contributed by atoms with E-state index >= 15 is 0 Å². The van der Waals surface area contributed by atoms with Crippen LogP contribution in [0.25, 0.3) is 0 Å². The van der Waals surface area contributed by atoms with E-state index in [2.05, 4.69) is 0 Å². The highest BCUT2D eigenvalue weighted by Crippen LogP contribution is 2.39. The Bertz CT molecular complexity index is 878. The van der Waals surface area contributed by atoms with Gasteiger partial charge in [-0.05, 0) is 43.0 Å². The van der Waals surface area contributed by atoms with Gasteiger partial charge in [-0.15, -0.1) is 0 Å². The van der Waals surface area contributed by atoms with Crippen molar-refractivity contribution < 1.29 is 14.3 Å². The number of para-hydroxylation sites is 2. The number of amides is 2. The smallest absolute Gasteiger partial charge is 0.254 e. The van der Waals surface area contributed by atoms with Crippen molar-refractivity contribution in [2.75, 3.05) is 18.0 Å². The Kier molecular flexibility index (Phi) is 3.88. The predicted octanol–water partition coefficient (Wildman–Crippen LogP) is 3.11. The Labute approximate surface area is 158 Å². The second-order valence-corrected chi connectivity index (χ2v) is 7.67. The van der Waals surface area contributed by atoms with Gasteiger partial charge in [0.05, 0.1) is 12.2 Å². The summed E-state index contributed by atoms with van der Waals surface area (Å²) in [6.07, 6.45) is 2.71. The molecule has 2 bridgehead atoms. The van der Waals surface area contributed by atoms with Gasteiger partial charge in [0.2, 0.25) is 5.91 Å². The van der Waals surface area contributed by atoms with Crippen LogP contribution in [0.5, 0.6) is 5.75 Å². The number of nitrogens with zero attached hydrogens (tertiary/aromatic N) is 2. The predicted molar refractivity (Wildman–Crippen MR) is 102 cm³/mol. The Hall–Kier alpha value is -2.82. The number of ether oxygens (including phenoxy) is 1. The topological polar surface area (TPSA) is 49.9 Å². The first-order chi connectivity index (χ1) is 13.2. The summed E-state index contributed by atoms with van der Waals surface area (Å²) in [5, 5.41) is 0. The zero-order valence-corrected chi connectivity index (χ0v) is 15.1. The Morgan fingerprint density at radius 2 is 1.78 bits per heavy atom. The lowest BCUT2D eigenvalue weighted by Crippen LogP contribution is -2.48. The highest BCUT2D eigenvalue weighted by molar-refractivity contribution is 6.03. The SMILES string of the molecule is O=C1[C@@H]2C[C@@H](CN2C(=O)c2ccccc2)Oc2ccccc2N1CC1CC1. The Balaban J connectivity index is 1.51. The third kappa shape index (κ3) is 2.97. The number of hydrogen-bond donors (Lipinski definition) is 0. The van der Waals surface area contributed by atoms with Crippen LogP contribution >= 0.6 is 0 Å². The number of anilines is 1. The molecular formula is C22H22N2O3. The molecule has 5 heteroatoms. The van der Waals surface area contributed by atoms with Crippen molar-refractivity contribution in [3.63, 3.8) is 0 Å². The molecule has 1 saturated carbocycles. The molecule has 0 radical (unpaired) electrons. The molecule has 5 nitrogen and oxygen atoms in total. The molecule has 1 aliphatic carbocycles. The van der Waals surface area contributed by atoms with E-state index < -0.39 is 6.04 Å². The fourth-order valence-corrected chi connectivity index (χ4v) is 4.09. The first kappa shape index (κ1) is 16.4. The first-order valence-corrected chi connectivity index (χ1v) is 9.64. The van der Waals surface area contributed by atoms with Gasteiger partial charge < -0.3 is 14.5 Å². The van der Waals surface area contributed by atoms with Crippen LogP contribution in [0.3, 0.4) is 0 Å². The third-order valence-electron chi connectivity index (χ3n) is 5.68. The van der Waals surface area contributed by atoms with Gasteiger partial charge >= 0.3 is 0 Å². The van der Waals surface area contributed by atoms with Gasteiger partial charge in [0.15, 0.2) is 0 Å². The van der Waals surface area contributed by atoms with E-state index in [0.29, 0.717) is 31.0 Å². The molecule has 2 heterocycles. The first-order valence-electron chi connectivity index (χ1n) is 9.64. The lowest BCUT2D eigenvalue weighted by molar-refractivity contribution is -0.122. The molecule has 2 aromatic rings. The summed E-state index contributed by atoms with van der Waals surface area (Å²) in [6, 6.07) is 16.5. The molecule has 27 heavy (non-hydrogen) atoms. The third-order valence-corrected chi connectivity index (χ3v) is 5.68. The Morgan fingerprint density at radius 3 is 2.56 bits per heavy atom. The van der Waals surface area contributed by atoms with Crippen LogP contribution in [-0.2, 0) is 4.79 Å². The minimum absolute atomic E-state index is 0.0180. The largest absolute Gasteiger partial charge is 0.486 e. The second-order valence-electron chi connectivity index (χ2n) is 7.67. The van der Waals surface area contributed by atoms with E-state index in [0.717, 1.165) is 24.3 Å². The molecule has 2 aromatic carbocycles. The second kappa shape index (κ2) is 6.41. The minimum atomic E-state index is -0.463. The van der Waals surface area contributed by atoms with E-state index in [1.54, 1.807) is 17.0 Å². The maximum atomic E-state index is 13.5. The fraction of sp³-hybridized carbons (Fsp3) is 0.364. The monoisotopic (exact) mass is 362 g/mol. The minimum Gasteiger partial charge on any atom is -0.486 e. The number of likely N-dealkylation sites (tertiary alicyclic amines) is 1. The fourth-order valence-electron chi connectivity index (χ4n) is 4.09. The van der Waals surface area contributed by atoms with E-state index in [1.807, 2.05) is 47.4 Å². The molecular weight excluding hydrogens is 340 g/mol. The molecule has 2 aliphatic heterocycles. The van der Waals surface area contributed by atoms with Crippen molar-refractivity contribution in [1.29, 1.82) is 0 Å². The molecule has 0 N–H and O–H groups in total. The average Bonchev–Trinajstić information content (AvgIpc) is 3.42. The maximum Gasteiger partial charge on any atom is 0.254 e. The van der Waals surface area contributed by atoms with Crippen LogP contribution in [0.15, 0.2) is 54.6 Å². The lowest BCUT2D eigenvalue weighted by atomic mass is 10.1. The number of fused-ring (bicyclic) bond motifs is 3. The number of rotatable bonds is 3. The van der Waals surface area contributed by atoms with E-state index in [1.165, 1.54) is 0 Å². The van der Waals surface area contributed by atoms with E-state index in [-0.39, 0.29) is 17.9 Å². The molecule has 3 aliphatic rings. The number of carbonyl (C=O) groups excluding carboxylic acids is 2. The van der Waals surface area contributed by atoms with Crippen LogP contribution in [0.1, 0.15) is 29.6 Å². The number of hydrogen-bond acceptors (Lipinski definition) is 3. The molecule has 138 valence electrons. The zero-order valence-electron chi connectivity index (χ0n) is 15.1.